The first-order valence-corrected chi connectivity index (χ1v) is 7.64. The van der Waals surface area contributed by atoms with Gasteiger partial charge in [-0.1, -0.05) is 24.3 Å². The van der Waals surface area contributed by atoms with Crippen LogP contribution in [0, 0.1) is 0 Å². The highest BCUT2D eigenvalue weighted by Crippen LogP contribution is 2.16. The number of ether oxygens (including phenoxy) is 1. The molecule has 0 amide bonds. The van der Waals surface area contributed by atoms with Crippen molar-refractivity contribution in [2.75, 3.05) is 20.2 Å². The third-order valence-corrected chi connectivity index (χ3v) is 4.10. The predicted molar refractivity (Wildman–Crippen MR) is 83.1 cm³/mol. The number of benzene rings is 1. The Morgan fingerprint density at radius 1 is 1.24 bits per heavy atom. The summed E-state index contributed by atoms with van der Waals surface area (Å²) in [5, 5.41) is 4.27. The summed E-state index contributed by atoms with van der Waals surface area (Å²) in [6.45, 7) is 4.05. The summed E-state index contributed by atoms with van der Waals surface area (Å²) < 4.78 is 7.46. The first kappa shape index (κ1) is 14.3. The number of likely N-dealkylation sites (tertiary alicyclic amines) is 1. The van der Waals surface area contributed by atoms with E-state index in [1.165, 1.54) is 30.5 Å². The van der Waals surface area contributed by atoms with Crippen molar-refractivity contribution in [3.05, 3.63) is 53.9 Å². The lowest BCUT2D eigenvalue weighted by Gasteiger charge is -2.31. The SMILES string of the molecule is CO[C@H]1CCCN(Cc2cccc(Cn3cccn3)c2)C1. The fourth-order valence-corrected chi connectivity index (χ4v) is 3.01. The molecular weight excluding hydrogens is 262 g/mol. The summed E-state index contributed by atoms with van der Waals surface area (Å²) in [7, 11) is 1.82. The Kier molecular flexibility index (Phi) is 4.68. The Hall–Kier alpha value is -1.65. The molecule has 1 saturated heterocycles. The lowest BCUT2D eigenvalue weighted by molar-refractivity contribution is 0.0285. The van der Waals surface area contributed by atoms with Gasteiger partial charge in [0.15, 0.2) is 0 Å². The van der Waals surface area contributed by atoms with Gasteiger partial charge in [0.05, 0.1) is 12.6 Å². The topological polar surface area (TPSA) is 30.3 Å². The Labute approximate surface area is 126 Å². The molecule has 0 spiro atoms. The van der Waals surface area contributed by atoms with E-state index in [9.17, 15) is 0 Å². The summed E-state index contributed by atoms with van der Waals surface area (Å²) in [5.74, 6) is 0. The zero-order valence-electron chi connectivity index (χ0n) is 12.6. The van der Waals surface area contributed by atoms with Gasteiger partial charge in [-0.25, -0.2) is 0 Å². The molecule has 1 aliphatic rings. The van der Waals surface area contributed by atoms with Crippen molar-refractivity contribution < 1.29 is 4.74 Å². The zero-order chi connectivity index (χ0) is 14.5. The van der Waals surface area contributed by atoms with Crippen molar-refractivity contribution in [3.8, 4) is 0 Å². The molecule has 4 nitrogen and oxygen atoms in total. The molecule has 2 heterocycles. The largest absolute Gasteiger partial charge is 0.380 e. The quantitative estimate of drug-likeness (QED) is 0.846. The summed E-state index contributed by atoms with van der Waals surface area (Å²) in [5.41, 5.74) is 2.67. The van der Waals surface area contributed by atoms with Gasteiger partial charge in [-0.05, 0) is 36.6 Å². The summed E-state index contributed by atoms with van der Waals surface area (Å²) in [6.07, 6.45) is 6.63. The number of nitrogens with zero attached hydrogens (tertiary/aromatic N) is 3. The van der Waals surface area contributed by atoms with Crippen LogP contribution in [0.25, 0.3) is 0 Å². The highest BCUT2D eigenvalue weighted by Gasteiger charge is 2.19. The summed E-state index contributed by atoms with van der Waals surface area (Å²) >= 11 is 0. The third kappa shape index (κ3) is 3.93. The Morgan fingerprint density at radius 3 is 2.86 bits per heavy atom. The monoisotopic (exact) mass is 285 g/mol. The van der Waals surface area contributed by atoms with E-state index in [1.54, 1.807) is 0 Å². The summed E-state index contributed by atoms with van der Waals surface area (Å²) in [6, 6.07) is 10.8. The normalized spacial score (nSPS) is 19.8. The van der Waals surface area contributed by atoms with Gasteiger partial charge >= 0.3 is 0 Å². The molecular formula is C17H23N3O. The van der Waals surface area contributed by atoms with Gasteiger partial charge in [0.1, 0.15) is 0 Å². The Bertz CT molecular complexity index is 553. The first-order chi connectivity index (χ1) is 10.3. The molecule has 0 saturated carbocycles. The fourth-order valence-electron chi connectivity index (χ4n) is 3.01. The molecule has 112 valence electrons. The summed E-state index contributed by atoms with van der Waals surface area (Å²) in [4.78, 5) is 2.49. The second-order valence-electron chi connectivity index (χ2n) is 5.76. The van der Waals surface area contributed by atoms with Crippen molar-refractivity contribution in [1.82, 2.24) is 14.7 Å². The van der Waals surface area contributed by atoms with Crippen LogP contribution in [0.5, 0.6) is 0 Å². The average Bonchev–Trinajstić information content (AvgIpc) is 3.01. The van der Waals surface area contributed by atoms with Crippen molar-refractivity contribution in [1.29, 1.82) is 0 Å². The lowest BCUT2D eigenvalue weighted by atomic mass is 10.1. The number of hydrogen-bond donors (Lipinski definition) is 0. The van der Waals surface area contributed by atoms with E-state index in [0.717, 1.165) is 19.6 Å². The van der Waals surface area contributed by atoms with E-state index in [1.807, 2.05) is 30.3 Å². The van der Waals surface area contributed by atoms with E-state index >= 15 is 0 Å². The number of aromatic nitrogens is 2. The van der Waals surface area contributed by atoms with Gasteiger partial charge < -0.3 is 4.74 Å². The molecule has 1 atom stereocenters. The van der Waals surface area contributed by atoms with Crippen LogP contribution in [0.2, 0.25) is 0 Å². The highest BCUT2D eigenvalue weighted by atomic mass is 16.5. The van der Waals surface area contributed by atoms with Crippen LogP contribution in [0.1, 0.15) is 24.0 Å². The second-order valence-corrected chi connectivity index (χ2v) is 5.76. The van der Waals surface area contributed by atoms with Crippen molar-refractivity contribution in [2.24, 2.45) is 0 Å². The van der Waals surface area contributed by atoms with Gasteiger partial charge in [0, 0.05) is 32.6 Å². The minimum Gasteiger partial charge on any atom is -0.380 e. The maximum atomic E-state index is 5.50. The van der Waals surface area contributed by atoms with Gasteiger partial charge in [0.2, 0.25) is 0 Å². The number of methoxy groups -OCH3 is 1. The molecule has 4 heteroatoms. The van der Waals surface area contributed by atoms with Crippen LogP contribution in [0.4, 0.5) is 0 Å². The maximum absolute atomic E-state index is 5.50. The van der Waals surface area contributed by atoms with Gasteiger partial charge in [-0.2, -0.15) is 5.10 Å². The van der Waals surface area contributed by atoms with Crippen LogP contribution in [0.15, 0.2) is 42.7 Å². The predicted octanol–water partition coefficient (Wildman–Crippen LogP) is 2.54. The smallest absolute Gasteiger partial charge is 0.0698 e. The van der Waals surface area contributed by atoms with Crippen molar-refractivity contribution >= 4 is 0 Å². The van der Waals surface area contributed by atoms with E-state index in [0.29, 0.717) is 6.10 Å². The maximum Gasteiger partial charge on any atom is 0.0698 e. The molecule has 1 aromatic heterocycles. The highest BCUT2D eigenvalue weighted by molar-refractivity contribution is 5.23. The standard InChI is InChI=1S/C17H23N3O/c1-21-17-7-3-9-19(14-17)12-15-5-2-6-16(11-15)13-20-10-4-8-18-20/h2,4-6,8,10-11,17H,3,7,9,12-14H2,1H3/t17-/m0/s1. The van der Waals surface area contributed by atoms with Gasteiger partial charge in [-0.3, -0.25) is 9.58 Å². The van der Waals surface area contributed by atoms with Gasteiger partial charge in [-0.15, -0.1) is 0 Å². The minimum absolute atomic E-state index is 0.394. The molecule has 0 radical (unpaired) electrons. The van der Waals surface area contributed by atoms with Crippen LogP contribution in [-0.4, -0.2) is 41.0 Å². The van der Waals surface area contributed by atoms with E-state index in [2.05, 4.69) is 34.3 Å². The molecule has 2 aromatic rings. The molecule has 0 unspecified atom stereocenters. The molecule has 1 fully saturated rings. The lowest BCUT2D eigenvalue weighted by Crippen LogP contribution is -2.38. The fraction of sp³-hybridized carbons (Fsp3) is 0.471. The molecule has 1 aliphatic heterocycles. The van der Waals surface area contributed by atoms with Crippen LogP contribution >= 0.6 is 0 Å². The zero-order valence-corrected chi connectivity index (χ0v) is 12.6. The Morgan fingerprint density at radius 2 is 2.10 bits per heavy atom. The first-order valence-electron chi connectivity index (χ1n) is 7.64. The number of hydrogen-bond acceptors (Lipinski definition) is 3. The number of rotatable bonds is 5. The van der Waals surface area contributed by atoms with Crippen LogP contribution < -0.4 is 0 Å². The molecule has 3 rings (SSSR count). The van der Waals surface area contributed by atoms with Crippen molar-refractivity contribution in [3.63, 3.8) is 0 Å². The molecule has 1 aromatic carbocycles. The Balaban J connectivity index is 1.63. The van der Waals surface area contributed by atoms with E-state index in [4.69, 9.17) is 4.74 Å². The van der Waals surface area contributed by atoms with E-state index < -0.39 is 0 Å². The molecule has 0 bridgehead atoms. The van der Waals surface area contributed by atoms with Crippen LogP contribution in [0.3, 0.4) is 0 Å². The van der Waals surface area contributed by atoms with Crippen molar-refractivity contribution in [2.45, 2.75) is 32.0 Å². The average molecular weight is 285 g/mol. The molecule has 0 N–H and O–H groups in total. The third-order valence-electron chi connectivity index (χ3n) is 4.10. The van der Waals surface area contributed by atoms with Gasteiger partial charge in [0.25, 0.3) is 0 Å². The minimum atomic E-state index is 0.394. The second kappa shape index (κ2) is 6.87. The number of piperidine rings is 1. The van der Waals surface area contributed by atoms with E-state index in [-0.39, 0.29) is 0 Å². The van der Waals surface area contributed by atoms with Crippen LogP contribution in [-0.2, 0) is 17.8 Å². The molecule has 21 heavy (non-hydrogen) atoms. The molecule has 0 aliphatic carbocycles.